The van der Waals surface area contributed by atoms with Gasteiger partial charge in [-0.1, -0.05) is 60.7 Å². The molecule has 0 radical (unpaired) electrons. The predicted molar refractivity (Wildman–Crippen MR) is 111 cm³/mol. The first kappa shape index (κ1) is 21.0. The van der Waals surface area contributed by atoms with Gasteiger partial charge in [-0.2, -0.15) is 0 Å². The minimum atomic E-state index is -0.452. The summed E-state index contributed by atoms with van der Waals surface area (Å²) in [5.74, 6) is 0.850. The van der Waals surface area contributed by atoms with Crippen molar-refractivity contribution in [2.75, 3.05) is 6.61 Å². The second-order valence-corrected chi connectivity index (χ2v) is 7.31. The Kier molecular flexibility index (Phi) is 7.25. The Balaban J connectivity index is 1.16. The standard InChI is InChI=1S/C23H25N3O5/c27-23(30-14-18-9-5-2-6-10-18)24-19-11-12-20(29-15-19)22-26-25-21(31-22)16-28-13-17-7-3-1-4-8-17/h1-10,19-20H,11-16H2,(H,24,27)/t19-,20+/m1/s1. The zero-order chi connectivity index (χ0) is 21.3. The van der Waals surface area contributed by atoms with Crippen molar-refractivity contribution < 1.29 is 23.4 Å². The number of hydrogen-bond donors (Lipinski definition) is 1. The summed E-state index contributed by atoms with van der Waals surface area (Å²) in [6.45, 7) is 1.31. The lowest BCUT2D eigenvalue weighted by atomic mass is 10.1. The van der Waals surface area contributed by atoms with Gasteiger partial charge in [0.05, 0.1) is 19.3 Å². The first-order valence-electron chi connectivity index (χ1n) is 10.3. The Labute approximate surface area is 180 Å². The van der Waals surface area contributed by atoms with Crippen LogP contribution in [-0.4, -0.2) is 28.9 Å². The Bertz CT molecular complexity index is 940. The molecule has 1 amide bonds. The smallest absolute Gasteiger partial charge is 0.407 e. The summed E-state index contributed by atoms with van der Waals surface area (Å²) < 4.78 is 22.4. The van der Waals surface area contributed by atoms with E-state index in [1.54, 1.807) is 0 Å². The fourth-order valence-electron chi connectivity index (χ4n) is 3.28. The number of rotatable bonds is 8. The van der Waals surface area contributed by atoms with Crippen molar-refractivity contribution in [3.05, 3.63) is 83.6 Å². The number of hydrogen-bond acceptors (Lipinski definition) is 7. The highest BCUT2D eigenvalue weighted by Gasteiger charge is 2.28. The zero-order valence-corrected chi connectivity index (χ0v) is 17.1. The van der Waals surface area contributed by atoms with Gasteiger partial charge in [0, 0.05) is 0 Å². The molecular weight excluding hydrogens is 398 g/mol. The summed E-state index contributed by atoms with van der Waals surface area (Å²) in [5, 5.41) is 10.9. The van der Waals surface area contributed by atoms with Gasteiger partial charge in [-0.15, -0.1) is 10.2 Å². The second kappa shape index (κ2) is 10.7. The van der Waals surface area contributed by atoms with Gasteiger partial charge in [0.2, 0.25) is 11.8 Å². The normalized spacial score (nSPS) is 18.5. The molecule has 162 valence electrons. The molecule has 31 heavy (non-hydrogen) atoms. The van der Waals surface area contributed by atoms with Gasteiger partial charge < -0.3 is 23.9 Å². The van der Waals surface area contributed by atoms with Gasteiger partial charge in [-0.3, -0.25) is 0 Å². The molecule has 2 aromatic carbocycles. The van der Waals surface area contributed by atoms with E-state index in [2.05, 4.69) is 15.5 Å². The van der Waals surface area contributed by atoms with Crippen LogP contribution in [0.3, 0.4) is 0 Å². The Morgan fingerprint density at radius 3 is 2.32 bits per heavy atom. The lowest BCUT2D eigenvalue weighted by molar-refractivity contribution is -0.0203. The van der Waals surface area contributed by atoms with E-state index in [1.165, 1.54) is 0 Å². The van der Waals surface area contributed by atoms with Crippen LogP contribution in [0.5, 0.6) is 0 Å². The maximum Gasteiger partial charge on any atom is 0.407 e. The third-order valence-electron chi connectivity index (χ3n) is 4.91. The van der Waals surface area contributed by atoms with Crippen molar-refractivity contribution >= 4 is 6.09 Å². The maximum atomic E-state index is 12.0. The van der Waals surface area contributed by atoms with Gasteiger partial charge in [0.25, 0.3) is 0 Å². The van der Waals surface area contributed by atoms with E-state index in [0.717, 1.165) is 17.5 Å². The van der Waals surface area contributed by atoms with Gasteiger partial charge in [-0.05, 0) is 24.0 Å². The molecule has 0 spiro atoms. The summed E-state index contributed by atoms with van der Waals surface area (Å²) in [7, 11) is 0. The highest BCUT2D eigenvalue weighted by atomic mass is 16.6. The van der Waals surface area contributed by atoms with E-state index in [0.29, 0.717) is 31.4 Å². The van der Waals surface area contributed by atoms with Gasteiger partial charge in [-0.25, -0.2) is 4.79 Å². The van der Waals surface area contributed by atoms with E-state index in [-0.39, 0.29) is 25.4 Å². The highest BCUT2D eigenvalue weighted by molar-refractivity contribution is 5.67. The first-order valence-corrected chi connectivity index (χ1v) is 10.3. The minimum Gasteiger partial charge on any atom is -0.445 e. The molecule has 1 aliphatic heterocycles. The van der Waals surface area contributed by atoms with Gasteiger partial charge in [0.1, 0.15) is 19.3 Å². The highest BCUT2D eigenvalue weighted by Crippen LogP contribution is 2.27. The minimum absolute atomic E-state index is 0.115. The van der Waals surface area contributed by atoms with Crippen molar-refractivity contribution in [1.29, 1.82) is 0 Å². The Hall–Kier alpha value is -3.23. The van der Waals surface area contributed by atoms with E-state index < -0.39 is 6.09 Å². The number of nitrogens with zero attached hydrogens (tertiary/aromatic N) is 2. The van der Waals surface area contributed by atoms with Crippen LogP contribution >= 0.6 is 0 Å². The van der Waals surface area contributed by atoms with Crippen LogP contribution in [0.4, 0.5) is 4.79 Å². The zero-order valence-electron chi connectivity index (χ0n) is 17.1. The number of amides is 1. The molecule has 8 nitrogen and oxygen atoms in total. The van der Waals surface area contributed by atoms with E-state index in [4.69, 9.17) is 18.6 Å². The number of aromatic nitrogens is 2. The number of nitrogens with one attached hydrogen (secondary N) is 1. The van der Waals surface area contributed by atoms with E-state index >= 15 is 0 Å². The number of carbonyl (C=O) groups is 1. The van der Waals surface area contributed by atoms with Crippen LogP contribution in [0.15, 0.2) is 65.1 Å². The molecule has 0 aliphatic carbocycles. The van der Waals surface area contributed by atoms with Crippen LogP contribution in [0, 0.1) is 0 Å². The summed E-state index contributed by atoms with van der Waals surface area (Å²) in [4.78, 5) is 12.0. The summed E-state index contributed by atoms with van der Waals surface area (Å²) >= 11 is 0. The van der Waals surface area contributed by atoms with Crippen LogP contribution < -0.4 is 5.32 Å². The third-order valence-corrected chi connectivity index (χ3v) is 4.91. The average molecular weight is 423 g/mol. The van der Waals surface area contributed by atoms with Crippen LogP contribution in [0.2, 0.25) is 0 Å². The summed E-state index contributed by atoms with van der Waals surface area (Å²) in [6, 6.07) is 19.3. The summed E-state index contributed by atoms with van der Waals surface area (Å²) in [6.07, 6.45) is 0.656. The molecule has 1 fully saturated rings. The molecule has 1 aromatic heterocycles. The number of benzene rings is 2. The predicted octanol–water partition coefficient (Wildman–Crippen LogP) is 3.93. The molecule has 0 bridgehead atoms. The molecule has 0 unspecified atom stereocenters. The van der Waals surface area contributed by atoms with Crippen molar-refractivity contribution in [1.82, 2.24) is 15.5 Å². The topological polar surface area (TPSA) is 95.7 Å². The molecule has 8 heteroatoms. The van der Waals surface area contributed by atoms with Crippen LogP contribution in [0.25, 0.3) is 0 Å². The van der Waals surface area contributed by atoms with Crippen LogP contribution in [0.1, 0.15) is 41.9 Å². The largest absolute Gasteiger partial charge is 0.445 e. The Morgan fingerprint density at radius 2 is 1.65 bits per heavy atom. The second-order valence-electron chi connectivity index (χ2n) is 7.31. The molecule has 1 saturated heterocycles. The molecular formula is C23H25N3O5. The molecule has 4 rings (SSSR count). The lowest BCUT2D eigenvalue weighted by Gasteiger charge is -2.27. The number of alkyl carbamates (subject to hydrolysis) is 1. The van der Waals surface area contributed by atoms with Crippen molar-refractivity contribution in [3.8, 4) is 0 Å². The van der Waals surface area contributed by atoms with Crippen LogP contribution in [-0.2, 0) is 34.0 Å². The van der Waals surface area contributed by atoms with Crippen molar-refractivity contribution in [2.24, 2.45) is 0 Å². The first-order chi connectivity index (χ1) is 15.3. The quantitative estimate of drug-likeness (QED) is 0.586. The third kappa shape index (κ3) is 6.37. The van der Waals surface area contributed by atoms with E-state index in [1.807, 2.05) is 60.7 Å². The monoisotopic (exact) mass is 423 g/mol. The van der Waals surface area contributed by atoms with Gasteiger partial charge in [0.15, 0.2) is 0 Å². The molecule has 2 atom stereocenters. The maximum absolute atomic E-state index is 12.0. The van der Waals surface area contributed by atoms with E-state index in [9.17, 15) is 4.79 Å². The Morgan fingerprint density at radius 1 is 0.935 bits per heavy atom. The molecule has 1 N–H and O–H groups in total. The SMILES string of the molecule is O=C(N[C@@H]1CC[C@@H](c2nnc(COCc3ccccc3)o2)OC1)OCc1ccccc1. The summed E-state index contributed by atoms with van der Waals surface area (Å²) in [5.41, 5.74) is 2.02. The molecule has 1 aliphatic rings. The molecule has 0 saturated carbocycles. The molecule has 3 aromatic rings. The van der Waals surface area contributed by atoms with Crippen molar-refractivity contribution in [3.63, 3.8) is 0 Å². The fraction of sp³-hybridized carbons (Fsp3) is 0.348. The average Bonchev–Trinajstić information content (AvgIpc) is 3.29. The fourth-order valence-corrected chi connectivity index (χ4v) is 3.28. The number of ether oxygens (including phenoxy) is 3. The lowest BCUT2D eigenvalue weighted by Crippen LogP contribution is -2.41. The van der Waals surface area contributed by atoms with Gasteiger partial charge >= 0.3 is 6.09 Å². The molecule has 2 heterocycles. The number of carbonyl (C=O) groups excluding carboxylic acids is 1. The van der Waals surface area contributed by atoms with Crippen molar-refractivity contribution in [2.45, 2.75) is 44.8 Å².